The van der Waals surface area contributed by atoms with E-state index in [4.69, 9.17) is 4.84 Å². The molecular formula is C13H19NOSi. The maximum atomic E-state index is 5.85. The van der Waals surface area contributed by atoms with E-state index < -0.39 is 8.07 Å². The van der Waals surface area contributed by atoms with E-state index in [0.717, 1.165) is 0 Å². The van der Waals surface area contributed by atoms with Crippen LogP contribution in [0.15, 0.2) is 41.8 Å². The fourth-order valence-electron chi connectivity index (χ4n) is 1.83. The van der Waals surface area contributed by atoms with Crippen LogP contribution in [0.3, 0.4) is 0 Å². The largest absolute Gasteiger partial charge is 0.415 e. The fraction of sp³-hybridized carbons (Fsp3) is 0.385. The van der Waals surface area contributed by atoms with Gasteiger partial charge in [-0.15, -0.1) is 5.06 Å². The lowest BCUT2D eigenvalue weighted by molar-refractivity contribution is -0.0872. The molecule has 2 rings (SSSR count). The van der Waals surface area contributed by atoms with E-state index >= 15 is 0 Å². The summed E-state index contributed by atoms with van der Waals surface area (Å²) in [5, 5.41) is 3.13. The number of nitrogens with zero attached hydrogens (tertiary/aromatic N) is 1. The first-order valence-corrected chi connectivity index (χ1v) is 9.16. The second-order valence-electron chi connectivity index (χ2n) is 5.27. The summed E-state index contributed by atoms with van der Waals surface area (Å²) >= 11 is 0. The van der Waals surface area contributed by atoms with Gasteiger partial charge in [0.2, 0.25) is 0 Å². The summed E-state index contributed by atoms with van der Waals surface area (Å²) in [5.41, 5.74) is 1.29. The molecule has 0 amide bonds. The van der Waals surface area contributed by atoms with Gasteiger partial charge in [0.05, 0.1) is 6.04 Å². The van der Waals surface area contributed by atoms with Gasteiger partial charge in [-0.2, -0.15) is 0 Å². The number of benzene rings is 1. The lowest BCUT2D eigenvalue weighted by Crippen LogP contribution is -2.26. The van der Waals surface area contributed by atoms with Gasteiger partial charge in [-0.3, -0.25) is 0 Å². The highest BCUT2D eigenvalue weighted by atomic mass is 28.3. The van der Waals surface area contributed by atoms with E-state index in [1.807, 2.05) is 18.2 Å². The zero-order valence-electron chi connectivity index (χ0n) is 10.4. The molecule has 3 heteroatoms. The Morgan fingerprint density at radius 3 is 2.25 bits per heavy atom. The van der Waals surface area contributed by atoms with Gasteiger partial charge in [-0.1, -0.05) is 50.0 Å². The predicted molar refractivity (Wildman–Crippen MR) is 69.5 cm³/mol. The van der Waals surface area contributed by atoms with Crippen molar-refractivity contribution in [2.45, 2.75) is 25.7 Å². The third kappa shape index (κ3) is 2.20. The van der Waals surface area contributed by atoms with E-state index in [1.54, 1.807) is 0 Å². The SMILES string of the molecule is CN1OC([Si](C)(C)C)=C[C@H]1c1ccccc1. The van der Waals surface area contributed by atoms with E-state index in [1.165, 1.54) is 10.9 Å². The van der Waals surface area contributed by atoms with E-state index in [9.17, 15) is 0 Å². The zero-order chi connectivity index (χ0) is 11.8. The fourth-order valence-corrected chi connectivity index (χ4v) is 2.91. The van der Waals surface area contributed by atoms with Gasteiger partial charge in [0, 0.05) is 7.05 Å². The molecule has 0 spiro atoms. The normalized spacial score (nSPS) is 21.8. The zero-order valence-corrected chi connectivity index (χ0v) is 11.4. The molecule has 86 valence electrons. The average Bonchev–Trinajstić information content (AvgIpc) is 2.61. The van der Waals surface area contributed by atoms with Crippen molar-refractivity contribution >= 4 is 8.07 Å². The molecular weight excluding hydrogens is 214 g/mol. The van der Waals surface area contributed by atoms with Gasteiger partial charge in [0.15, 0.2) is 0 Å². The molecule has 0 saturated heterocycles. The molecule has 2 nitrogen and oxygen atoms in total. The number of rotatable bonds is 2. The van der Waals surface area contributed by atoms with E-state index in [0.29, 0.717) is 0 Å². The molecule has 1 aromatic rings. The van der Waals surface area contributed by atoms with E-state index in [2.05, 4.69) is 50.0 Å². The van der Waals surface area contributed by atoms with Crippen molar-refractivity contribution in [3.05, 3.63) is 47.4 Å². The second-order valence-corrected chi connectivity index (χ2v) is 10.3. The van der Waals surface area contributed by atoms with Crippen LogP contribution in [-0.2, 0) is 4.84 Å². The number of hydrogen-bond donors (Lipinski definition) is 0. The number of hydroxylamine groups is 2. The van der Waals surface area contributed by atoms with Crippen molar-refractivity contribution in [1.82, 2.24) is 5.06 Å². The highest BCUT2D eigenvalue weighted by molar-refractivity contribution is 6.82. The van der Waals surface area contributed by atoms with Crippen molar-refractivity contribution in [2.75, 3.05) is 7.05 Å². The smallest absolute Gasteiger partial charge is 0.125 e. The standard InChI is InChI=1S/C13H19NOSi/c1-14-12(11-8-6-5-7-9-11)10-13(15-14)16(2,3)4/h5-10,12H,1-4H3/t12-/m0/s1. The highest BCUT2D eigenvalue weighted by Crippen LogP contribution is 2.33. The van der Waals surface area contributed by atoms with Gasteiger partial charge in [0.1, 0.15) is 13.5 Å². The van der Waals surface area contributed by atoms with Crippen molar-refractivity contribution in [3.63, 3.8) is 0 Å². The first-order chi connectivity index (χ1) is 7.48. The Hall–Kier alpha value is -1.06. The van der Waals surface area contributed by atoms with Crippen LogP contribution < -0.4 is 0 Å². The Bertz CT molecular complexity index is 394. The summed E-state index contributed by atoms with van der Waals surface area (Å²) < 4.78 is 0. The Labute approximate surface area is 98.5 Å². The molecule has 0 fully saturated rings. The molecule has 1 aromatic carbocycles. The molecule has 1 aliphatic rings. The van der Waals surface area contributed by atoms with Crippen molar-refractivity contribution in [1.29, 1.82) is 0 Å². The molecule has 1 aliphatic heterocycles. The molecule has 0 saturated carbocycles. The van der Waals surface area contributed by atoms with Crippen LogP contribution in [0.25, 0.3) is 0 Å². The lowest BCUT2D eigenvalue weighted by atomic mass is 10.1. The lowest BCUT2D eigenvalue weighted by Gasteiger charge is -2.21. The molecule has 0 unspecified atom stereocenters. The van der Waals surface area contributed by atoms with Crippen molar-refractivity contribution in [2.24, 2.45) is 0 Å². The van der Waals surface area contributed by atoms with Gasteiger partial charge >= 0.3 is 0 Å². The van der Waals surface area contributed by atoms with E-state index in [-0.39, 0.29) is 6.04 Å². The first kappa shape index (κ1) is 11.4. The Balaban J connectivity index is 2.28. The van der Waals surface area contributed by atoms with Gasteiger partial charge in [0.25, 0.3) is 0 Å². The maximum Gasteiger partial charge on any atom is 0.125 e. The molecule has 0 bridgehead atoms. The number of hydrogen-bond acceptors (Lipinski definition) is 2. The summed E-state index contributed by atoms with van der Waals surface area (Å²) in [6, 6.07) is 10.8. The topological polar surface area (TPSA) is 12.5 Å². The number of likely N-dealkylation sites (N-methyl/N-ethyl adjacent to an activating group) is 1. The predicted octanol–water partition coefficient (Wildman–Crippen LogP) is 3.37. The van der Waals surface area contributed by atoms with Crippen molar-refractivity contribution < 1.29 is 4.84 Å². The van der Waals surface area contributed by atoms with Crippen LogP contribution in [0.4, 0.5) is 0 Å². The molecule has 1 atom stereocenters. The highest BCUT2D eigenvalue weighted by Gasteiger charge is 2.32. The minimum absolute atomic E-state index is 0.267. The Kier molecular flexibility index (Phi) is 2.91. The van der Waals surface area contributed by atoms with Crippen LogP contribution in [0.2, 0.25) is 19.6 Å². The maximum absolute atomic E-state index is 5.85. The average molecular weight is 233 g/mol. The molecule has 1 heterocycles. The summed E-state index contributed by atoms with van der Waals surface area (Å²) in [6.45, 7) is 6.92. The third-order valence-corrected chi connectivity index (χ3v) is 4.56. The molecule has 0 aromatic heterocycles. The van der Waals surface area contributed by atoms with Gasteiger partial charge < -0.3 is 4.84 Å². The first-order valence-electron chi connectivity index (χ1n) is 5.66. The monoisotopic (exact) mass is 233 g/mol. The van der Waals surface area contributed by atoms with Crippen LogP contribution in [-0.4, -0.2) is 20.2 Å². The third-order valence-electron chi connectivity index (χ3n) is 2.82. The summed E-state index contributed by atoms with van der Waals surface area (Å²) in [4.78, 5) is 5.85. The summed E-state index contributed by atoms with van der Waals surface area (Å²) in [5.74, 6) is 0. The van der Waals surface area contributed by atoms with Crippen LogP contribution >= 0.6 is 0 Å². The summed E-state index contributed by atoms with van der Waals surface area (Å²) in [7, 11) is 0.658. The van der Waals surface area contributed by atoms with Crippen LogP contribution in [0.5, 0.6) is 0 Å². The quantitative estimate of drug-likeness (QED) is 0.726. The Morgan fingerprint density at radius 2 is 1.75 bits per heavy atom. The van der Waals surface area contributed by atoms with Gasteiger partial charge in [-0.05, 0) is 11.6 Å². The molecule has 0 aliphatic carbocycles. The minimum atomic E-state index is -1.34. The Morgan fingerprint density at radius 1 is 1.12 bits per heavy atom. The molecule has 16 heavy (non-hydrogen) atoms. The van der Waals surface area contributed by atoms with Gasteiger partial charge in [-0.25, -0.2) is 0 Å². The molecule has 0 N–H and O–H groups in total. The second kappa shape index (κ2) is 4.07. The molecule has 0 radical (unpaired) electrons. The van der Waals surface area contributed by atoms with Crippen LogP contribution in [0, 0.1) is 0 Å². The van der Waals surface area contributed by atoms with Crippen LogP contribution in [0.1, 0.15) is 11.6 Å². The minimum Gasteiger partial charge on any atom is -0.415 e. The summed E-state index contributed by atoms with van der Waals surface area (Å²) in [6.07, 6.45) is 2.27. The van der Waals surface area contributed by atoms with Crippen molar-refractivity contribution in [3.8, 4) is 0 Å².